The van der Waals surface area contributed by atoms with Crippen molar-refractivity contribution < 1.29 is 0 Å². The van der Waals surface area contributed by atoms with E-state index in [2.05, 4.69) is 217 Å². The van der Waals surface area contributed by atoms with E-state index in [9.17, 15) is 0 Å². The predicted molar refractivity (Wildman–Crippen MR) is 255 cm³/mol. The lowest BCUT2D eigenvalue weighted by Crippen LogP contribution is -2.23. The normalized spacial score (nSPS) is 14.8. The molecule has 9 aromatic carbocycles. The Balaban J connectivity index is 0.880. The highest BCUT2D eigenvalue weighted by Crippen LogP contribution is 2.58. The van der Waals surface area contributed by atoms with Crippen LogP contribution in [0.5, 0.6) is 0 Å². The van der Waals surface area contributed by atoms with Crippen LogP contribution in [0.15, 0.2) is 188 Å². The van der Waals surface area contributed by atoms with E-state index in [0.717, 1.165) is 34.1 Å². The third kappa shape index (κ3) is 5.41. The number of anilines is 6. The van der Waals surface area contributed by atoms with E-state index in [1.807, 2.05) is 0 Å². The molecular weight excluding hydrogens is 725 g/mol. The van der Waals surface area contributed by atoms with Gasteiger partial charge in [0.25, 0.3) is 0 Å². The van der Waals surface area contributed by atoms with Crippen molar-refractivity contribution in [3.05, 3.63) is 216 Å². The first-order valence-electron chi connectivity index (χ1n) is 21.5. The van der Waals surface area contributed by atoms with Gasteiger partial charge in [0, 0.05) is 16.8 Å². The maximum atomic E-state index is 2.49. The quantitative estimate of drug-likeness (QED) is 0.161. The lowest BCUT2D eigenvalue weighted by Gasteiger charge is -2.40. The Labute approximate surface area is 352 Å². The summed E-state index contributed by atoms with van der Waals surface area (Å²) in [4.78, 5) is 4.78. The Morgan fingerprint density at radius 3 is 1.75 bits per heavy atom. The molecule has 3 aliphatic rings. The molecule has 0 atom stereocenters. The molecule has 0 N–H and O–H groups in total. The van der Waals surface area contributed by atoms with E-state index < -0.39 is 0 Å². The number of fused-ring (bicyclic) bond motifs is 9. The second kappa shape index (κ2) is 13.7. The maximum absolute atomic E-state index is 2.49. The molecule has 1 aliphatic heterocycles. The second-order valence-corrected chi connectivity index (χ2v) is 17.0. The largest absolute Gasteiger partial charge is 0.306 e. The van der Waals surface area contributed by atoms with Crippen LogP contribution in [0.1, 0.15) is 53.5 Å². The summed E-state index contributed by atoms with van der Waals surface area (Å²) in [5.41, 5.74) is 19.4. The molecule has 0 unspecified atom stereocenters. The average Bonchev–Trinajstić information content (AvgIpc) is 3.90. The molecule has 12 rings (SSSR count). The van der Waals surface area contributed by atoms with Crippen molar-refractivity contribution in [3.8, 4) is 22.3 Å². The summed E-state index contributed by atoms with van der Waals surface area (Å²) in [6.45, 7) is 2.24. The van der Waals surface area contributed by atoms with Gasteiger partial charge in [-0.2, -0.15) is 0 Å². The average molecular weight is 769 g/mol. The van der Waals surface area contributed by atoms with Gasteiger partial charge in [-0.15, -0.1) is 0 Å². The molecule has 0 saturated heterocycles. The molecule has 2 heteroatoms. The Hall–Kier alpha value is -7.16. The Bertz CT molecular complexity index is 3140. The van der Waals surface area contributed by atoms with Gasteiger partial charge < -0.3 is 9.80 Å². The first kappa shape index (κ1) is 34.8. The van der Waals surface area contributed by atoms with Crippen LogP contribution in [-0.4, -0.2) is 0 Å². The van der Waals surface area contributed by atoms with E-state index in [0.29, 0.717) is 0 Å². The molecule has 60 heavy (non-hydrogen) atoms. The second-order valence-electron chi connectivity index (χ2n) is 17.0. The summed E-state index contributed by atoms with van der Waals surface area (Å²) in [5.74, 6) is 0. The number of aryl methyl sites for hydroxylation is 1. The van der Waals surface area contributed by atoms with Crippen LogP contribution in [0.3, 0.4) is 0 Å². The zero-order chi connectivity index (χ0) is 39.8. The zero-order valence-corrected chi connectivity index (χ0v) is 33.8. The van der Waals surface area contributed by atoms with Crippen LogP contribution in [0, 0.1) is 6.92 Å². The third-order valence-corrected chi connectivity index (χ3v) is 13.5. The van der Waals surface area contributed by atoms with Crippen molar-refractivity contribution in [2.75, 3.05) is 9.80 Å². The molecular formula is C58H44N2. The predicted octanol–water partition coefficient (Wildman–Crippen LogP) is 16.2. The fourth-order valence-corrected chi connectivity index (χ4v) is 10.8. The van der Waals surface area contributed by atoms with Crippen LogP contribution in [-0.2, 0) is 5.41 Å². The molecule has 1 fully saturated rings. The van der Waals surface area contributed by atoms with E-state index in [1.54, 1.807) is 5.56 Å². The smallest absolute Gasteiger partial charge is 0.0703 e. The summed E-state index contributed by atoms with van der Waals surface area (Å²) in [6, 6.07) is 69.7. The lowest BCUT2D eigenvalue weighted by molar-refractivity contribution is 0.549. The topological polar surface area (TPSA) is 6.48 Å². The summed E-state index contributed by atoms with van der Waals surface area (Å²) >= 11 is 0. The number of para-hydroxylation sites is 5. The van der Waals surface area contributed by atoms with Crippen molar-refractivity contribution >= 4 is 67.8 Å². The number of nitrogens with zero attached hydrogens (tertiary/aromatic N) is 2. The summed E-state index contributed by atoms with van der Waals surface area (Å²) in [6.07, 6.45) is 9.76. The first-order chi connectivity index (χ1) is 29.6. The van der Waals surface area contributed by atoms with Crippen LogP contribution >= 0.6 is 0 Å². The van der Waals surface area contributed by atoms with E-state index in [-0.39, 0.29) is 5.41 Å². The van der Waals surface area contributed by atoms with Crippen LogP contribution in [0.4, 0.5) is 34.1 Å². The molecule has 9 aromatic rings. The maximum Gasteiger partial charge on any atom is 0.0703 e. The van der Waals surface area contributed by atoms with E-state index in [1.165, 1.54) is 91.7 Å². The van der Waals surface area contributed by atoms with Gasteiger partial charge in [0.15, 0.2) is 0 Å². The molecule has 286 valence electrons. The van der Waals surface area contributed by atoms with Gasteiger partial charge in [0.2, 0.25) is 0 Å². The molecule has 1 saturated carbocycles. The summed E-state index contributed by atoms with van der Waals surface area (Å²) in [5, 5.41) is 4.98. The van der Waals surface area contributed by atoms with E-state index in [4.69, 9.17) is 0 Å². The van der Waals surface area contributed by atoms with Crippen molar-refractivity contribution in [1.29, 1.82) is 0 Å². The van der Waals surface area contributed by atoms with Gasteiger partial charge in [-0.3, -0.25) is 0 Å². The van der Waals surface area contributed by atoms with Crippen molar-refractivity contribution in [1.82, 2.24) is 0 Å². The highest BCUT2D eigenvalue weighted by atomic mass is 15.3. The van der Waals surface area contributed by atoms with Crippen LogP contribution in [0.25, 0.3) is 56.0 Å². The Morgan fingerprint density at radius 1 is 0.433 bits per heavy atom. The van der Waals surface area contributed by atoms with Gasteiger partial charge in [-0.25, -0.2) is 0 Å². The van der Waals surface area contributed by atoms with Crippen molar-refractivity contribution in [3.63, 3.8) is 0 Å². The minimum absolute atomic E-state index is 0.172. The standard InChI is InChI=1S/C58H44N2/c1-39-21-30-50-51-31-23-40(36-53(51)58(52(50)35-39)33-11-12-34-58)22-24-41-28-32-48(49-16-6-5-15-47(41)49)44-26-25-43-38-46(29-27-42(43)37-44)60-56-19-9-7-17-54(56)59(45-13-3-2-4-14-45)55-18-8-10-20-57(55)60/h2-10,13-32,35-38H,11-12,33-34H2,1H3. The van der Waals surface area contributed by atoms with Crippen molar-refractivity contribution in [2.24, 2.45) is 0 Å². The highest BCUT2D eigenvalue weighted by Gasteiger charge is 2.45. The number of rotatable bonds is 5. The summed E-state index contributed by atoms with van der Waals surface area (Å²) in [7, 11) is 0. The Kier molecular flexibility index (Phi) is 7.96. The number of hydrogen-bond donors (Lipinski definition) is 0. The summed E-state index contributed by atoms with van der Waals surface area (Å²) < 4.78 is 0. The lowest BCUT2D eigenvalue weighted by atomic mass is 9.76. The minimum Gasteiger partial charge on any atom is -0.306 e. The van der Waals surface area contributed by atoms with Gasteiger partial charge in [-0.05, 0) is 140 Å². The number of hydrogen-bond acceptors (Lipinski definition) is 2. The zero-order valence-electron chi connectivity index (χ0n) is 33.8. The van der Waals surface area contributed by atoms with E-state index >= 15 is 0 Å². The molecule has 2 aliphatic carbocycles. The first-order valence-corrected chi connectivity index (χ1v) is 21.5. The Morgan fingerprint density at radius 2 is 1.02 bits per heavy atom. The van der Waals surface area contributed by atoms with Gasteiger partial charge >= 0.3 is 0 Å². The molecule has 2 nitrogen and oxygen atoms in total. The molecule has 0 aromatic heterocycles. The SMILES string of the molecule is Cc1ccc2c(c1)C1(CCCC1)c1cc(C=Cc3ccc(-c4ccc5cc(N6c7ccccc7N(c7ccccc7)c7ccccc76)ccc5c4)c4ccccc34)ccc1-2. The van der Waals surface area contributed by atoms with Gasteiger partial charge in [0.05, 0.1) is 22.7 Å². The van der Waals surface area contributed by atoms with Crippen LogP contribution < -0.4 is 9.80 Å². The minimum atomic E-state index is 0.172. The number of benzene rings is 9. The third-order valence-electron chi connectivity index (χ3n) is 13.5. The molecule has 0 radical (unpaired) electrons. The highest BCUT2D eigenvalue weighted by molar-refractivity contribution is 6.05. The van der Waals surface area contributed by atoms with Crippen LogP contribution in [0.2, 0.25) is 0 Å². The molecule has 0 amide bonds. The van der Waals surface area contributed by atoms with Gasteiger partial charge in [0.1, 0.15) is 0 Å². The van der Waals surface area contributed by atoms with Crippen molar-refractivity contribution in [2.45, 2.75) is 38.0 Å². The van der Waals surface area contributed by atoms with Gasteiger partial charge in [-0.1, -0.05) is 164 Å². The monoisotopic (exact) mass is 768 g/mol. The fourth-order valence-electron chi connectivity index (χ4n) is 10.8. The molecule has 0 bridgehead atoms. The molecule has 1 heterocycles. The molecule has 1 spiro atoms. The fraction of sp³-hybridized carbons (Fsp3) is 0.103.